The normalized spacial score (nSPS) is 14.2. The minimum Gasteiger partial charge on any atom is -0.447 e. The fourth-order valence-corrected chi connectivity index (χ4v) is 3.38. The van der Waals surface area contributed by atoms with E-state index in [1.165, 1.54) is 11.0 Å². The van der Waals surface area contributed by atoms with E-state index in [1.807, 2.05) is 16.7 Å². The summed E-state index contributed by atoms with van der Waals surface area (Å²) in [5.41, 5.74) is 3.18. The van der Waals surface area contributed by atoms with Gasteiger partial charge in [0, 0.05) is 24.4 Å². The Morgan fingerprint density at radius 2 is 2.17 bits per heavy atom. The number of aromatic amines is 1. The van der Waals surface area contributed by atoms with E-state index in [-0.39, 0.29) is 6.61 Å². The van der Waals surface area contributed by atoms with Crippen molar-refractivity contribution in [3.05, 3.63) is 59.2 Å². The Morgan fingerprint density at radius 1 is 1.30 bits per heavy atom. The van der Waals surface area contributed by atoms with Gasteiger partial charge in [0.1, 0.15) is 6.61 Å². The number of amides is 2. The van der Waals surface area contributed by atoms with Gasteiger partial charge in [0.15, 0.2) is 0 Å². The smallest absolute Gasteiger partial charge is 0.414 e. The third-order valence-electron chi connectivity index (χ3n) is 4.83. The summed E-state index contributed by atoms with van der Waals surface area (Å²) in [6.07, 6.45) is 0.0878. The van der Waals surface area contributed by atoms with Crippen LogP contribution < -0.4 is 10.5 Å². The highest BCUT2D eigenvalue weighted by Crippen LogP contribution is 2.23. The van der Waals surface area contributed by atoms with Gasteiger partial charge < -0.3 is 19.4 Å². The van der Waals surface area contributed by atoms with Gasteiger partial charge in [-0.3, -0.25) is 9.69 Å². The molecule has 0 aliphatic carbocycles. The molecule has 2 aromatic carbocycles. The van der Waals surface area contributed by atoms with Gasteiger partial charge in [0.05, 0.1) is 29.2 Å². The molecule has 0 bridgehead atoms. The highest BCUT2D eigenvalue weighted by Gasteiger charge is 2.24. The molecule has 3 aromatic rings. The highest BCUT2D eigenvalue weighted by atomic mass is 16.6. The van der Waals surface area contributed by atoms with Gasteiger partial charge in [0.25, 0.3) is 5.91 Å². The molecular weight excluding hydrogens is 386 g/mol. The summed E-state index contributed by atoms with van der Waals surface area (Å²) >= 11 is 0. The summed E-state index contributed by atoms with van der Waals surface area (Å²) in [7, 11) is 0. The fourth-order valence-electron chi connectivity index (χ4n) is 3.38. The molecule has 2 heterocycles. The molecular formula is C21H19N5O4. The van der Waals surface area contributed by atoms with Crippen molar-refractivity contribution in [3.63, 3.8) is 0 Å². The monoisotopic (exact) mass is 405 g/mol. The predicted octanol–water partition coefficient (Wildman–Crippen LogP) is 1.92. The van der Waals surface area contributed by atoms with Crippen LogP contribution in [0.1, 0.15) is 22.3 Å². The van der Waals surface area contributed by atoms with Crippen LogP contribution in [-0.2, 0) is 11.3 Å². The number of aliphatic hydroxyl groups excluding tert-OH is 1. The topological polar surface area (TPSA) is 124 Å². The summed E-state index contributed by atoms with van der Waals surface area (Å²) < 4.78 is 6.80. The number of cyclic esters (lactones) is 1. The molecule has 9 heteroatoms. The Hall–Kier alpha value is -3.90. The Morgan fingerprint density at radius 3 is 2.90 bits per heavy atom. The lowest BCUT2D eigenvalue weighted by Crippen LogP contribution is -2.23. The van der Waals surface area contributed by atoms with Crippen LogP contribution in [0.4, 0.5) is 10.5 Å². The second-order valence-electron chi connectivity index (χ2n) is 6.75. The van der Waals surface area contributed by atoms with Gasteiger partial charge in [-0.1, -0.05) is 6.07 Å². The lowest BCUT2D eigenvalue weighted by molar-refractivity contribution is 0.0996. The van der Waals surface area contributed by atoms with Crippen molar-refractivity contribution in [1.82, 2.24) is 9.55 Å². The lowest BCUT2D eigenvalue weighted by atomic mass is 10.1. The zero-order chi connectivity index (χ0) is 21.1. The maximum absolute atomic E-state index is 12.7. The van der Waals surface area contributed by atoms with Crippen molar-refractivity contribution in [1.29, 1.82) is 5.26 Å². The number of ether oxygens (including phenoxy) is 1. The SMILES string of the molecule is N#Cc1cccc(C(=O)/N=c2\[nH]c3cc(N4CCOC4=O)ccc3n2CCCO)c1. The third kappa shape index (κ3) is 3.68. The Labute approximate surface area is 171 Å². The number of hydrogen-bond donors (Lipinski definition) is 2. The number of nitrogens with zero attached hydrogens (tertiary/aromatic N) is 4. The van der Waals surface area contributed by atoms with E-state index in [2.05, 4.69) is 9.98 Å². The first-order chi connectivity index (χ1) is 14.6. The molecule has 0 radical (unpaired) electrons. The molecule has 9 nitrogen and oxygen atoms in total. The number of aliphatic hydroxyl groups is 1. The second kappa shape index (κ2) is 8.23. The van der Waals surface area contributed by atoms with E-state index in [0.717, 1.165) is 5.52 Å². The van der Waals surface area contributed by atoms with Crippen LogP contribution in [0.3, 0.4) is 0 Å². The number of nitrogens with one attached hydrogen (secondary N) is 1. The van der Waals surface area contributed by atoms with Crippen molar-refractivity contribution in [3.8, 4) is 6.07 Å². The lowest BCUT2D eigenvalue weighted by Gasteiger charge is -2.12. The van der Waals surface area contributed by atoms with E-state index in [1.54, 1.807) is 30.3 Å². The molecule has 2 N–H and O–H groups in total. The number of imidazole rings is 1. The van der Waals surface area contributed by atoms with Crippen molar-refractivity contribution >= 4 is 28.7 Å². The van der Waals surface area contributed by atoms with E-state index in [9.17, 15) is 14.7 Å². The molecule has 152 valence electrons. The van der Waals surface area contributed by atoms with E-state index < -0.39 is 12.0 Å². The predicted molar refractivity (Wildman–Crippen MR) is 108 cm³/mol. The van der Waals surface area contributed by atoms with E-state index in [0.29, 0.717) is 54.1 Å². The molecule has 0 spiro atoms. The van der Waals surface area contributed by atoms with E-state index >= 15 is 0 Å². The number of carbonyl (C=O) groups excluding carboxylic acids is 2. The van der Waals surface area contributed by atoms with Crippen molar-refractivity contribution in [2.24, 2.45) is 4.99 Å². The average Bonchev–Trinajstić information content (AvgIpc) is 3.34. The Kier molecular flexibility index (Phi) is 5.32. The maximum Gasteiger partial charge on any atom is 0.414 e. The molecule has 30 heavy (non-hydrogen) atoms. The molecule has 1 saturated heterocycles. The number of H-pyrrole nitrogens is 1. The first-order valence-electron chi connectivity index (χ1n) is 9.47. The van der Waals surface area contributed by atoms with Crippen LogP contribution in [0.2, 0.25) is 0 Å². The zero-order valence-electron chi connectivity index (χ0n) is 16.0. The number of anilines is 1. The first kappa shape index (κ1) is 19.4. The van der Waals surface area contributed by atoms with Crippen LogP contribution >= 0.6 is 0 Å². The van der Waals surface area contributed by atoms with Crippen LogP contribution in [0.15, 0.2) is 47.5 Å². The van der Waals surface area contributed by atoms with E-state index in [4.69, 9.17) is 10.00 Å². The van der Waals surface area contributed by atoms with Gasteiger partial charge in [0.2, 0.25) is 5.62 Å². The summed E-state index contributed by atoms with van der Waals surface area (Å²) in [5.74, 6) is -0.486. The Balaban J connectivity index is 1.78. The van der Waals surface area contributed by atoms with Crippen LogP contribution in [0.5, 0.6) is 0 Å². The number of hydrogen-bond acceptors (Lipinski definition) is 5. The van der Waals surface area contributed by atoms with Gasteiger partial charge in [-0.25, -0.2) is 4.79 Å². The van der Waals surface area contributed by atoms with Gasteiger partial charge in [-0.2, -0.15) is 10.3 Å². The molecule has 1 aliphatic heterocycles. The molecule has 1 fully saturated rings. The summed E-state index contributed by atoms with van der Waals surface area (Å²) in [4.78, 5) is 33.4. The fraction of sp³-hybridized carbons (Fsp3) is 0.238. The largest absolute Gasteiger partial charge is 0.447 e. The Bertz CT molecular complexity index is 1230. The first-order valence-corrected chi connectivity index (χ1v) is 9.47. The summed E-state index contributed by atoms with van der Waals surface area (Å²) in [6, 6.07) is 13.8. The van der Waals surface area contributed by atoms with Crippen LogP contribution in [-0.4, -0.2) is 46.4 Å². The number of carbonyl (C=O) groups is 2. The minimum absolute atomic E-state index is 0.00498. The maximum atomic E-state index is 12.7. The third-order valence-corrected chi connectivity index (χ3v) is 4.83. The average molecular weight is 405 g/mol. The number of fused-ring (bicyclic) bond motifs is 1. The quantitative estimate of drug-likeness (QED) is 0.671. The van der Waals surface area contributed by atoms with Crippen molar-refractivity contribution in [2.75, 3.05) is 24.7 Å². The molecule has 4 rings (SSSR count). The molecule has 0 saturated carbocycles. The number of aromatic nitrogens is 2. The van der Waals surface area contributed by atoms with Crippen molar-refractivity contribution in [2.45, 2.75) is 13.0 Å². The second-order valence-corrected chi connectivity index (χ2v) is 6.75. The van der Waals surface area contributed by atoms with Gasteiger partial charge in [-0.05, 0) is 42.8 Å². The van der Waals surface area contributed by atoms with Crippen LogP contribution in [0.25, 0.3) is 11.0 Å². The molecule has 1 aliphatic rings. The number of aryl methyl sites for hydroxylation is 1. The minimum atomic E-state index is -0.486. The standard InChI is InChI=1S/C21H19N5O4/c22-13-14-3-1-4-15(11-14)19(28)24-20-23-17-12-16(25-8-10-30-21(25)29)5-6-18(17)26(20)7-2-9-27/h1,3-6,11-12,27H,2,7-10H2,(H,23,24,28). The summed E-state index contributed by atoms with van der Waals surface area (Å²) in [6.45, 7) is 1.26. The number of rotatable bonds is 5. The van der Waals surface area contributed by atoms with Crippen molar-refractivity contribution < 1.29 is 19.4 Å². The highest BCUT2D eigenvalue weighted by molar-refractivity contribution is 5.95. The molecule has 0 unspecified atom stereocenters. The van der Waals surface area contributed by atoms with Gasteiger partial charge in [-0.15, -0.1) is 0 Å². The van der Waals surface area contributed by atoms with Gasteiger partial charge >= 0.3 is 6.09 Å². The molecule has 1 aromatic heterocycles. The molecule has 2 amide bonds. The number of benzene rings is 2. The zero-order valence-corrected chi connectivity index (χ0v) is 16.0. The summed E-state index contributed by atoms with van der Waals surface area (Å²) in [5, 5.41) is 18.3. The van der Waals surface area contributed by atoms with Crippen LogP contribution in [0, 0.1) is 11.3 Å². The number of nitriles is 1. The molecule has 0 atom stereocenters.